The van der Waals surface area contributed by atoms with Gasteiger partial charge in [0.15, 0.2) is 0 Å². The Morgan fingerprint density at radius 3 is 2.25 bits per heavy atom. The van der Waals surface area contributed by atoms with Crippen molar-refractivity contribution in [3.63, 3.8) is 0 Å². The number of carbonyl (C=O) groups excluding carboxylic acids is 2. The van der Waals surface area contributed by atoms with Crippen LogP contribution in [0.3, 0.4) is 0 Å². The fourth-order valence-electron chi connectivity index (χ4n) is 5.20. The first-order chi connectivity index (χ1) is 21.3. The molecule has 5 rings (SSSR count). The Hall–Kier alpha value is -3.64. The van der Waals surface area contributed by atoms with Crippen LogP contribution in [0.15, 0.2) is 83.8 Å². The van der Waals surface area contributed by atoms with Crippen molar-refractivity contribution < 1.29 is 27.1 Å². The summed E-state index contributed by atoms with van der Waals surface area (Å²) >= 11 is 0. The lowest BCUT2D eigenvalue weighted by Gasteiger charge is -2.32. The first-order valence-corrected chi connectivity index (χ1v) is 16.5. The molecule has 2 aliphatic rings. The topological polar surface area (TPSA) is 108 Å². The molecule has 0 bridgehead atoms. The van der Waals surface area contributed by atoms with Crippen LogP contribution in [0.5, 0.6) is 0 Å². The number of nitrogens with zero attached hydrogens (tertiary/aromatic N) is 2. The summed E-state index contributed by atoms with van der Waals surface area (Å²) in [5.74, 6) is -0.930. The van der Waals surface area contributed by atoms with Crippen molar-refractivity contribution in [3.8, 4) is 0 Å². The van der Waals surface area contributed by atoms with Gasteiger partial charge in [-0.3, -0.25) is 14.5 Å². The lowest BCUT2D eigenvalue weighted by atomic mass is 10.0. The lowest BCUT2D eigenvalue weighted by Crippen LogP contribution is -2.46. The van der Waals surface area contributed by atoms with Gasteiger partial charge in [0.25, 0.3) is 0 Å². The van der Waals surface area contributed by atoms with Gasteiger partial charge in [-0.15, -0.1) is 0 Å². The van der Waals surface area contributed by atoms with Crippen LogP contribution in [0.25, 0.3) is 0 Å². The SMILES string of the molecule is O=C(NCCN1CCOCC1)C(c1ccccc1)N(Cc1ccc(F)cc1)C(=O)CCc1ccc(S(=O)(=O)NC2CC2)cc1. The van der Waals surface area contributed by atoms with Crippen LogP contribution in [-0.4, -0.2) is 75.5 Å². The minimum Gasteiger partial charge on any atom is -0.379 e. The van der Waals surface area contributed by atoms with Gasteiger partial charge in [0.2, 0.25) is 21.8 Å². The maximum atomic E-state index is 13.9. The monoisotopic (exact) mass is 622 g/mol. The Morgan fingerprint density at radius 2 is 1.59 bits per heavy atom. The molecule has 0 radical (unpaired) electrons. The molecule has 1 heterocycles. The molecule has 1 unspecified atom stereocenters. The Labute approximate surface area is 258 Å². The van der Waals surface area contributed by atoms with Gasteiger partial charge in [0.05, 0.1) is 18.1 Å². The molecule has 1 aliphatic heterocycles. The minimum atomic E-state index is -3.57. The molecule has 2 amide bonds. The third kappa shape index (κ3) is 8.95. The fraction of sp³-hybridized carbons (Fsp3) is 0.394. The van der Waals surface area contributed by atoms with Crippen LogP contribution in [0.1, 0.15) is 42.0 Å². The maximum absolute atomic E-state index is 13.9. The average molecular weight is 623 g/mol. The van der Waals surface area contributed by atoms with E-state index in [2.05, 4.69) is 14.9 Å². The van der Waals surface area contributed by atoms with Gasteiger partial charge in [0.1, 0.15) is 11.9 Å². The van der Waals surface area contributed by atoms with E-state index in [1.165, 1.54) is 12.1 Å². The Balaban J connectivity index is 1.32. The van der Waals surface area contributed by atoms with E-state index in [0.29, 0.717) is 43.9 Å². The molecule has 3 aromatic rings. The Bertz CT molecular complexity index is 1490. The van der Waals surface area contributed by atoms with E-state index in [1.807, 2.05) is 30.3 Å². The van der Waals surface area contributed by atoms with Gasteiger partial charge in [-0.25, -0.2) is 17.5 Å². The zero-order valence-electron chi connectivity index (χ0n) is 24.7. The summed E-state index contributed by atoms with van der Waals surface area (Å²) in [6.45, 7) is 4.14. The van der Waals surface area contributed by atoms with Gasteiger partial charge >= 0.3 is 0 Å². The van der Waals surface area contributed by atoms with Crippen molar-refractivity contribution in [2.75, 3.05) is 39.4 Å². The van der Waals surface area contributed by atoms with Gasteiger partial charge in [-0.1, -0.05) is 54.6 Å². The summed E-state index contributed by atoms with van der Waals surface area (Å²) in [7, 11) is -3.57. The van der Waals surface area contributed by atoms with Crippen LogP contribution in [0.4, 0.5) is 4.39 Å². The van der Waals surface area contributed by atoms with E-state index in [-0.39, 0.29) is 41.5 Å². The summed E-state index contributed by atoms with van der Waals surface area (Å²) in [5, 5.41) is 3.03. The number of ether oxygens (including phenoxy) is 1. The highest BCUT2D eigenvalue weighted by Gasteiger charge is 2.32. The van der Waals surface area contributed by atoms with Crippen LogP contribution in [0.2, 0.25) is 0 Å². The number of aryl methyl sites for hydroxylation is 1. The number of benzene rings is 3. The normalized spacial score (nSPS) is 16.3. The van der Waals surface area contributed by atoms with Crippen molar-refractivity contribution in [3.05, 3.63) is 101 Å². The molecule has 0 spiro atoms. The van der Waals surface area contributed by atoms with E-state index in [0.717, 1.165) is 31.5 Å². The number of nitrogens with one attached hydrogen (secondary N) is 2. The van der Waals surface area contributed by atoms with Gasteiger partial charge in [-0.05, 0) is 60.2 Å². The van der Waals surface area contributed by atoms with Gasteiger partial charge in [-0.2, -0.15) is 0 Å². The molecule has 1 saturated carbocycles. The molecule has 44 heavy (non-hydrogen) atoms. The van der Waals surface area contributed by atoms with Gasteiger partial charge < -0.3 is 15.0 Å². The van der Waals surface area contributed by atoms with E-state index < -0.39 is 16.1 Å². The predicted octanol–water partition coefficient (Wildman–Crippen LogP) is 3.42. The number of rotatable bonds is 14. The molecular weight excluding hydrogens is 583 g/mol. The molecular formula is C33H39FN4O5S. The third-order valence-corrected chi connectivity index (χ3v) is 9.39. The number of hydrogen-bond acceptors (Lipinski definition) is 6. The summed E-state index contributed by atoms with van der Waals surface area (Å²) < 4.78 is 46.9. The maximum Gasteiger partial charge on any atom is 0.247 e. The first kappa shape index (κ1) is 31.8. The summed E-state index contributed by atoms with van der Waals surface area (Å²) in [5.41, 5.74) is 2.17. The van der Waals surface area contributed by atoms with Crippen molar-refractivity contribution in [2.24, 2.45) is 0 Å². The number of amides is 2. The highest BCUT2D eigenvalue weighted by molar-refractivity contribution is 7.89. The molecule has 0 aromatic heterocycles. The molecule has 1 aliphatic carbocycles. The Kier molecular flexibility index (Phi) is 10.8. The number of sulfonamides is 1. The number of halogens is 1. The van der Waals surface area contributed by atoms with Crippen LogP contribution in [0, 0.1) is 5.82 Å². The van der Waals surface area contributed by atoms with E-state index >= 15 is 0 Å². The molecule has 11 heteroatoms. The highest BCUT2D eigenvalue weighted by atomic mass is 32.2. The van der Waals surface area contributed by atoms with Crippen molar-refractivity contribution in [2.45, 2.75) is 49.2 Å². The van der Waals surface area contributed by atoms with Crippen LogP contribution >= 0.6 is 0 Å². The van der Waals surface area contributed by atoms with E-state index in [4.69, 9.17) is 4.74 Å². The predicted molar refractivity (Wildman–Crippen MR) is 165 cm³/mol. The number of carbonyl (C=O) groups is 2. The van der Waals surface area contributed by atoms with Crippen LogP contribution < -0.4 is 10.0 Å². The summed E-state index contributed by atoms with van der Waals surface area (Å²) in [4.78, 5) is 31.7. The van der Waals surface area contributed by atoms with Crippen molar-refractivity contribution in [1.29, 1.82) is 0 Å². The molecule has 9 nitrogen and oxygen atoms in total. The zero-order valence-corrected chi connectivity index (χ0v) is 25.5. The molecule has 1 saturated heterocycles. The standard InChI is InChI=1S/C33H39FN4O5S/c34-28-11-6-26(7-12-28)24-38(31(39)17-10-25-8-15-30(16-9-25)44(41,42)36-29-13-14-29)32(27-4-2-1-3-5-27)33(40)35-18-19-37-20-22-43-23-21-37/h1-9,11-12,15-16,29,32,36H,10,13-14,17-24H2,(H,35,40). The molecule has 3 aromatic carbocycles. The number of hydrogen-bond donors (Lipinski definition) is 2. The van der Waals surface area contributed by atoms with Crippen molar-refractivity contribution in [1.82, 2.24) is 19.8 Å². The van der Waals surface area contributed by atoms with E-state index in [9.17, 15) is 22.4 Å². The largest absolute Gasteiger partial charge is 0.379 e. The highest BCUT2D eigenvalue weighted by Crippen LogP contribution is 2.26. The van der Waals surface area contributed by atoms with Gasteiger partial charge in [0, 0.05) is 45.2 Å². The summed E-state index contributed by atoms with van der Waals surface area (Å²) in [6.07, 6.45) is 2.15. The molecule has 234 valence electrons. The summed E-state index contributed by atoms with van der Waals surface area (Å²) in [6, 6.07) is 20.7. The van der Waals surface area contributed by atoms with Crippen molar-refractivity contribution >= 4 is 21.8 Å². The smallest absolute Gasteiger partial charge is 0.247 e. The second-order valence-electron chi connectivity index (χ2n) is 11.2. The second kappa shape index (κ2) is 14.9. The average Bonchev–Trinajstić information content (AvgIpc) is 3.85. The lowest BCUT2D eigenvalue weighted by molar-refractivity contribution is -0.141. The number of morpholine rings is 1. The molecule has 2 N–H and O–H groups in total. The second-order valence-corrected chi connectivity index (χ2v) is 13.0. The first-order valence-electron chi connectivity index (χ1n) is 15.1. The third-order valence-electron chi connectivity index (χ3n) is 7.85. The quantitative estimate of drug-likeness (QED) is 0.285. The van der Waals surface area contributed by atoms with E-state index in [1.54, 1.807) is 41.3 Å². The molecule has 1 atom stereocenters. The Morgan fingerprint density at radius 1 is 0.932 bits per heavy atom. The molecule has 2 fully saturated rings. The fourth-order valence-corrected chi connectivity index (χ4v) is 6.50. The zero-order chi connectivity index (χ0) is 30.9. The minimum absolute atomic E-state index is 0.0125. The van der Waals surface area contributed by atoms with Crippen LogP contribution in [-0.2, 0) is 37.3 Å².